The standard InChI is InChI=1S/C20H25N5O3/c1-5-13(10-26)23-18-17-15(22-11-25(4)19(17)27)8-14(24-18)12-6-7-16(21-9-12)20(2,3)28/h6-9,11,13,26,28H,5,10H2,1-4H3,(H,23,24)/t13-/m1/s1. The van der Waals surface area contributed by atoms with Gasteiger partial charge in [0.2, 0.25) is 0 Å². The molecule has 148 valence electrons. The first kappa shape index (κ1) is 19.9. The van der Waals surface area contributed by atoms with E-state index >= 15 is 0 Å². The SMILES string of the molecule is CC[C@H](CO)Nc1nc(-c2ccc(C(C)(C)O)nc2)cc2ncn(C)c(=O)c12. The molecule has 8 nitrogen and oxygen atoms in total. The van der Waals surface area contributed by atoms with E-state index in [4.69, 9.17) is 0 Å². The van der Waals surface area contributed by atoms with Gasteiger partial charge in [0, 0.05) is 18.8 Å². The van der Waals surface area contributed by atoms with E-state index in [9.17, 15) is 15.0 Å². The molecule has 0 unspecified atom stereocenters. The van der Waals surface area contributed by atoms with E-state index in [0.717, 1.165) is 5.56 Å². The number of aliphatic hydroxyl groups is 2. The molecule has 0 radical (unpaired) electrons. The molecule has 1 atom stereocenters. The molecule has 0 saturated heterocycles. The Morgan fingerprint density at radius 2 is 2.04 bits per heavy atom. The van der Waals surface area contributed by atoms with Crippen LogP contribution in [-0.2, 0) is 12.6 Å². The number of nitrogens with zero attached hydrogens (tertiary/aromatic N) is 4. The first-order valence-electron chi connectivity index (χ1n) is 9.17. The van der Waals surface area contributed by atoms with Crippen LogP contribution < -0.4 is 10.9 Å². The van der Waals surface area contributed by atoms with Crippen LogP contribution in [0.1, 0.15) is 32.9 Å². The summed E-state index contributed by atoms with van der Waals surface area (Å²) in [5, 5.41) is 23.2. The highest BCUT2D eigenvalue weighted by molar-refractivity contribution is 5.91. The van der Waals surface area contributed by atoms with Crippen molar-refractivity contribution in [2.24, 2.45) is 7.05 Å². The van der Waals surface area contributed by atoms with Crippen molar-refractivity contribution in [3.63, 3.8) is 0 Å². The van der Waals surface area contributed by atoms with E-state index < -0.39 is 5.60 Å². The van der Waals surface area contributed by atoms with Crippen molar-refractivity contribution in [1.29, 1.82) is 0 Å². The lowest BCUT2D eigenvalue weighted by Gasteiger charge is -2.18. The van der Waals surface area contributed by atoms with Crippen LogP contribution in [0.5, 0.6) is 0 Å². The van der Waals surface area contributed by atoms with Crippen LogP contribution in [0.3, 0.4) is 0 Å². The summed E-state index contributed by atoms with van der Waals surface area (Å²) in [6, 6.07) is 5.08. The summed E-state index contributed by atoms with van der Waals surface area (Å²) >= 11 is 0. The van der Waals surface area contributed by atoms with E-state index in [1.165, 1.54) is 10.9 Å². The maximum atomic E-state index is 12.7. The van der Waals surface area contributed by atoms with Gasteiger partial charge in [0.15, 0.2) is 0 Å². The molecule has 3 rings (SSSR count). The third-order valence-electron chi connectivity index (χ3n) is 4.64. The topological polar surface area (TPSA) is 113 Å². The van der Waals surface area contributed by atoms with Crippen LogP contribution in [0.2, 0.25) is 0 Å². The molecule has 0 aliphatic carbocycles. The lowest BCUT2D eigenvalue weighted by atomic mass is 10.0. The number of hydrogen-bond donors (Lipinski definition) is 3. The van der Waals surface area contributed by atoms with Crippen molar-refractivity contribution >= 4 is 16.7 Å². The summed E-state index contributed by atoms with van der Waals surface area (Å²) in [4.78, 5) is 26.0. The van der Waals surface area contributed by atoms with E-state index in [1.807, 2.05) is 13.0 Å². The van der Waals surface area contributed by atoms with Crippen LogP contribution in [0, 0.1) is 0 Å². The zero-order valence-corrected chi connectivity index (χ0v) is 16.5. The fourth-order valence-corrected chi connectivity index (χ4v) is 2.85. The van der Waals surface area contributed by atoms with Gasteiger partial charge >= 0.3 is 0 Å². The van der Waals surface area contributed by atoms with Gasteiger partial charge < -0.3 is 20.1 Å². The lowest BCUT2D eigenvalue weighted by molar-refractivity contribution is 0.0739. The van der Waals surface area contributed by atoms with Crippen LogP contribution in [0.25, 0.3) is 22.2 Å². The number of fused-ring (bicyclic) bond motifs is 1. The van der Waals surface area contributed by atoms with E-state index in [0.29, 0.717) is 34.5 Å². The van der Waals surface area contributed by atoms with Gasteiger partial charge in [0.25, 0.3) is 5.56 Å². The highest BCUT2D eigenvalue weighted by Crippen LogP contribution is 2.26. The summed E-state index contributed by atoms with van der Waals surface area (Å²) in [6.07, 6.45) is 3.78. The molecule has 0 spiro atoms. The molecule has 0 amide bonds. The Bertz CT molecular complexity index is 1030. The maximum absolute atomic E-state index is 12.7. The molecule has 0 aliphatic rings. The average molecular weight is 383 g/mol. The second-order valence-corrected chi connectivity index (χ2v) is 7.33. The number of nitrogens with one attached hydrogen (secondary N) is 1. The fraction of sp³-hybridized carbons (Fsp3) is 0.400. The highest BCUT2D eigenvalue weighted by Gasteiger charge is 2.19. The van der Waals surface area contributed by atoms with Gasteiger partial charge in [-0.25, -0.2) is 9.97 Å². The van der Waals surface area contributed by atoms with Crippen molar-refractivity contribution in [3.8, 4) is 11.3 Å². The number of aliphatic hydroxyl groups excluding tert-OH is 1. The summed E-state index contributed by atoms with van der Waals surface area (Å²) in [5.41, 5.74) is 1.14. The average Bonchev–Trinajstić information content (AvgIpc) is 2.68. The molecular formula is C20H25N5O3. The quantitative estimate of drug-likeness (QED) is 0.595. The second kappa shape index (κ2) is 7.65. The smallest absolute Gasteiger partial charge is 0.264 e. The Balaban J connectivity index is 2.16. The Kier molecular flexibility index (Phi) is 5.44. The Morgan fingerprint density at radius 3 is 2.61 bits per heavy atom. The van der Waals surface area contributed by atoms with Gasteiger partial charge in [-0.3, -0.25) is 9.78 Å². The van der Waals surface area contributed by atoms with Crippen LogP contribution in [0.15, 0.2) is 35.5 Å². The monoisotopic (exact) mass is 383 g/mol. The number of rotatable bonds is 6. The number of pyridine rings is 2. The van der Waals surface area contributed by atoms with Crippen molar-refractivity contribution < 1.29 is 10.2 Å². The third-order valence-corrected chi connectivity index (χ3v) is 4.64. The molecule has 0 fully saturated rings. The maximum Gasteiger partial charge on any atom is 0.264 e. The largest absolute Gasteiger partial charge is 0.394 e. The van der Waals surface area contributed by atoms with Crippen LogP contribution in [-0.4, -0.2) is 42.4 Å². The number of hydrogen-bond acceptors (Lipinski definition) is 7. The molecular weight excluding hydrogens is 358 g/mol. The molecule has 3 aromatic heterocycles. The Morgan fingerprint density at radius 1 is 1.29 bits per heavy atom. The lowest BCUT2D eigenvalue weighted by Crippen LogP contribution is -2.26. The second-order valence-electron chi connectivity index (χ2n) is 7.33. The van der Waals surface area contributed by atoms with E-state index in [2.05, 4.69) is 20.3 Å². The van der Waals surface area contributed by atoms with Crippen molar-refractivity contribution in [3.05, 3.63) is 46.8 Å². The van der Waals surface area contributed by atoms with Crippen LogP contribution >= 0.6 is 0 Å². The molecule has 0 bridgehead atoms. The van der Waals surface area contributed by atoms with Gasteiger partial charge in [-0.1, -0.05) is 6.92 Å². The molecule has 0 aromatic carbocycles. The zero-order chi connectivity index (χ0) is 20.5. The van der Waals surface area contributed by atoms with Crippen LogP contribution in [0.4, 0.5) is 5.82 Å². The van der Waals surface area contributed by atoms with Gasteiger partial charge in [0.05, 0.1) is 35.9 Å². The van der Waals surface area contributed by atoms with Crippen molar-refractivity contribution in [2.45, 2.75) is 38.8 Å². The minimum atomic E-state index is -1.04. The first-order valence-corrected chi connectivity index (χ1v) is 9.17. The summed E-state index contributed by atoms with van der Waals surface area (Å²) in [7, 11) is 1.63. The van der Waals surface area contributed by atoms with Crippen molar-refractivity contribution in [1.82, 2.24) is 19.5 Å². The van der Waals surface area contributed by atoms with Gasteiger partial charge in [-0.2, -0.15) is 0 Å². The van der Waals surface area contributed by atoms with Gasteiger partial charge in [-0.15, -0.1) is 0 Å². The van der Waals surface area contributed by atoms with Gasteiger partial charge in [0.1, 0.15) is 16.8 Å². The zero-order valence-electron chi connectivity index (χ0n) is 16.5. The molecule has 0 saturated carbocycles. The number of anilines is 1. The fourth-order valence-electron chi connectivity index (χ4n) is 2.85. The molecule has 28 heavy (non-hydrogen) atoms. The first-order chi connectivity index (χ1) is 13.2. The minimum Gasteiger partial charge on any atom is -0.394 e. The van der Waals surface area contributed by atoms with Gasteiger partial charge in [-0.05, 0) is 38.5 Å². The summed E-state index contributed by atoms with van der Waals surface area (Å²) in [5.74, 6) is 0.383. The number of aromatic nitrogens is 4. The molecule has 8 heteroatoms. The van der Waals surface area contributed by atoms with Crippen molar-refractivity contribution in [2.75, 3.05) is 11.9 Å². The predicted octanol–water partition coefficient (Wildman–Crippen LogP) is 1.80. The summed E-state index contributed by atoms with van der Waals surface area (Å²) < 4.78 is 1.40. The normalized spacial score (nSPS) is 12.9. The third kappa shape index (κ3) is 3.88. The highest BCUT2D eigenvalue weighted by atomic mass is 16.3. The summed E-state index contributed by atoms with van der Waals surface area (Å²) in [6.45, 7) is 5.21. The molecule has 3 heterocycles. The van der Waals surface area contributed by atoms with E-state index in [1.54, 1.807) is 39.2 Å². The predicted molar refractivity (Wildman–Crippen MR) is 108 cm³/mol. The number of aryl methyl sites for hydroxylation is 1. The Hall–Kier alpha value is -2.84. The minimum absolute atomic E-state index is 0.0771. The Labute approximate surface area is 162 Å². The molecule has 3 N–H and O–H groups in total. The molecule has 0 aliphatic heterocycles. The van der Waals surface area contributed by atoms with E-state index in [-0.39, 0.29) is 18.2 Å². The molecule has 3 aromatic rings.